The largest absolute Gasteiger partial charge is 1.00 e. The van der Waals surface area contributed by atoms with Crippen LogP contribution in [0.25, 0.3) is 0 Å². The van der Waals surface area contributed by atoms with Gasteiger partial charge in [0.05, 0.1) is 12.7 Å². The van der Waals surface area contributed by atoms with Crippen LogP contribution in [0.1, 0.15) is 13.8 Å². The standard InChI is InChI=1S/C3H8O2.C2H4O2.Na.3H2O/c1-3(5)2-4;1-2(3)4;;;;/h3-5H,2H2,1H3;1H3,(H,3,4);;3*1H2/q;;+1;;;/p-1. The van der Waals surface area contributed by atoms with Crippen LogP contribution in [0, 0.1) is 0 Å². The van der Waals surface area contributed by atoms with Gasteiger partial charge >= 0.3 is 29.6 Å². The topological polar surface area (TPSA) is 175 Å². The van der Waals surface area contributed by atoms with Crippen molar-refractivity contribution < 1.29 is 66.1 Å². The van der Waals surface area contributed by atoms with Crippen molar-refractivity contribution in [3.8, 4) is 0 Å². The Kier molecular flexibility index (Phi) is 85.7. The number of hydrogen-bond donors (Lipinski definition) is 2. The minimum absolute atomic E-state index is 0. The van der Waals surface area contributed by atoms with E-state index in [0.717, 1.165) is 6.92 Å². The average molecular weight is 212 g/mol. The number of carbonyl (C=O) groups is 1. The summed E-state index contributed by atoms with van der Waals surface area (Å²) < 4.78 is 0. The zero-order valence-electron chi connectivity index (χ0n) is 8.00. The molecule has 0 rings (SSSR count). The molecule has 0 aliphatic rings. The molecule has 0 amide bonds. The molecule has 0 aliphatic heterocycles. The summed E-state index contributed by atoms with van der Waals surface area (Å²) in [6.07, 6.45) is -0.560. The third-order valence-corrected chi connectivity index (χ3v) is 0.264. The Morgan fingerprint density at radius 1 is 1.38 bits per heavy atom. The van der Waals surface area contributed by atoms with E-state index in [1.165, 1.54) is 6.92 Å². The third kappa shape index (κ3) is 251. The molecule has 0 radical (unpaired) electrons. The molecule has 0 spiro atoms. The number of rotatable bonds is 1. The van der Waals surface area contributed by atoms with Crippen molar-refractivity contribution >= 4 is 5.97 Å². The van der Waals surface area contributed by atoms with Gasteiger partial charge in [0.15, 0.2) is 0 Å². The van der Waals surface area contributed by atoms with Crippen LogP contribution in [0.5, 0.6) is 0 Å². The van der Waals surface area contributed by atoms with E-state index in [9.17, 15) is 0 Å². The molecule has 0 saturated carbocycles. The van der Waals surface area contributed by atoms with Gasteiger partial charge in [-0.15, -0.1) is 0 Å². The summed E-state index contributed by atoms with van der Waals surface area (Å²) in [6, 6.07) is 0. The second-order valence-electron chi connectivity index (χ2n) is 1.52. The number of carboxylic acid groups (broad SMARTS) is 1. The van der Waals surface area contributed by atoms with Crippen LogP contribution in [0.4, 0.5) is 0 Å². The smallest absolute Gasteiger partial charge is 0.550 e. The average Bonchev–Trinajstić information content (AvgIpc) is 1.65. The first kappa shape index (κ1) is 37.8. The molecule has 0 bridgehead atoms. The Morgan fingerprint density at radius 3 is 1.46 bits per heavy atom. The van der Waals surface area contributed by atoms with Crippen LogP contribution in [0.15, 0.2) is 0 Å². The van der Waals surface area contributed by atoms with E-state index >= 15 is 0 Å². The monoisotopic (exact) mass is 212 g/mol. The molecule has 0 aromatic rings. The summed E-state index contributed by atoms with van der Waals surface area (Å²) in [7, 11) is 0. The summed E-state index contributed by atoms with van der Waals surface area (Å²) in [6.45, 7) is 2.36. The summed E-state index contributed by atoms with van der Waals surface area (Å²) >= 11 is 0. The molecular formula is C5H17NaO7. The Hall–Kier alpha value is 0.270. The number of aliphatic hydroxyl groups is 2. The molecule has 0 aromatic carbocycles. The predicted octanol–water partition coefficient (Wildman–Crippen LogP) is -7.35. The van der Waals surface area contributed by atoms with Gasteiger partial charge in [0.2, 0.25) is 0 Å². The maximum Gasteiger partial charge on any atom is 1.00 e. The quantitative estimate of drug-likeness (QED) is 0.410. The van der Waals surface area contributed by atoms with E-state index in [-0.39, 0.29) is 52.6 Å². The maximum absolute atomic E-state index is 8.89. The molecular weight excluding hydrogens is 195 g/mol. The minimum atomic E-state index is -1.08. The summed E-state index contributed by atoms with van der Waals surface area (Å²) in [5.41, 5.74) is 0. The van der Waals surface area contributed by atoms with Gasteiger partial charge in [-0.2, -0.15) is 0 Å². The Bertz CT molecular complexity index is 73.3. The molecule has 1 atom stereocenters. The SMILES string of the molecule is CC(=O)[O-].CC(O)CO.O.O.O.[Na+]. The van der Waals surface area contributed by atoms with Gasteiger partial charge in [-0.1, -0.05) is 0 Å². The summed E-state index contributed by atoms with van der Waals surface area (Å²) in [5, 5.41) is 24.9. The minimum Gasteiger partial charge on any atom is -0.550 e. The first-order valence-corrected chi connectivity index (χ1v) is 2.47. The van der Waals surface area contributed by atoms with Crippen molar-refractivity contribution in [2.24, 2.45) is 0 Å². The van der Waals surface area contributed by atoms with Gasteiger partial charge in [0.25, 0.3) is 0 Å². The van der Waals surface area contributed by atoms with Crippen molar-refractivity contribution in [2.75, 3.05) is 6.61 Å². The number of aliphatic hydroxyl groups excluding tert-OH is 2. The Morgan fingerprint density at radius 2 is 1.46 bits per heavy atom. The molecule has 0 fully saturated rings. The fourth-order valence-corrected chi connectivity index (χ4v) is 0. The number of hydrogen-bond acceptors (Lipinski definition) is 4. The molecule has 8 N–H and O–H groups in total. The van der Waals surface area contributed by atoms with Crippen molar-refractivity contribution in [3.63, 3.8) is 0 Å². The molecule has 0 aromatic heterocycles. The molecule has 0 saturated heterocycles. The van der Waals surface area contributed by atoms with E-state index in [4.69, 9.17) is 20.1 Å². The van der Waals surface area contributed by atoms with Crippen molar-refractivity contribution in [3.05, 3.63) is 0 Å². The zero-order valence-corrected chi connectivity index (χ0v) is 10.00. The van der Waals surface area contributed by atoms with Crippen molar-refractivity contribution in [1.29, 1.82) is 0 Å². The van der Waals surface area contributed by atoms with E-state index in [1.54, 1.807) is 0 Å². The van der Waals surface area contributed by atoms with Crippen LogP contribution in [-0.4, -0.2) is 45.3 Å². The van der Waals surface area contributed by atoms with Crippen LogP contribution in [0.2, 0.25) is 0 Å². The summed E-state index contributed by atoms with van der Waals surface area (Å²) in [4.78, 5) is 8.89. The number of carbonyl (C=O) groups excluding carboxylic acids is 1. The van der Waals surface area contributed by atoms with Crippen LogP contribution in [0.3, 0.4) is 0 Å². The van der Waals surface area contributed by atoms with Crippen LogP contribution >= 0.6 is 0 Å². The Labute approximate surface area is 98.6 Å². The predicted molar refractivity (Wildman–Crippen MR) is 40.3 cm³/mol. The Balaban J connectivity index is -0.0000000146. The van der Waals surface area contributed by atoms with Gasteiger partial charge in [-0.25, -0.2) is 0 Å². The number of carboxylic acids is 1. The first-order chi connectivity index (χ1) is 4.00. The van der Waals surface area contributed by atoms with Gasteiger partial charge in [0.1, 0.15) is 0 Å². The zero-order chi connectivity index (χ0) is 7.86. The number of aliphatic carboxylic acids is 1. The molecule has 0 aliphatic carbocycles. The van der Waals surface area contributed by atoms with E-state index < -0.39 is 12.1 Å². The van der Waals surface area contributed by atoms with E-state index in [1.807, 2.05) is 0 Å². The van der Waals surface area contributed by atoms with Crippen LogP contribution in [-0.2, 0) is 4.79 Å². The second kappa shape index (κ2) is 29.5. The van der Waals surface area contributed by atoms with Crippen molar-refractivity contribution in [2.45, 2.75) is 20.0 Å². The van der Waals surface area contributed by atoms with Gasteiger partial charge in [-0.05, 0) is 13.8 Å². The molecule has 13 heavy (non-hydrogen) atoms. The van der Waals surface area contributed by atoms with E-state index in [0.29, 0.717) is 0 Å². The van der Waals surface area contributed by atoms with E-state index in [2.05, 4.69) is 0 Å². The maximum atomic E-state index is 8.89. The van der Waals surface area contributed by atoms with Crippen molar-refractivity contribution in [1.82, 2.24) is 0 Å². The summed E-state index contributed by atoms with van der Waals surface area (Å²) in [5.74, 6) is -1.08. The molecule has 80 valence electrons. The van der Waals surface area contributed by atoms with Gasteiger partial charge in [-0.3, -0.25) is 0 Å². The molecule has 0 heterocycles. The first-order valence-electron chi connectivity index (χ1n) is 2.47. The molecule has 8 heteroatoms. The third-order valence-electron chi connectivity index (χ3n) is 0.264. The van der Waals surface area contributed by atoms with Gasteiger partial charge < -0.3 is 36.5 Å². The fourth-order valence-electron chi connectivity index (χ4n) is 0. The fraction of sp³-hybridized carbons (Fsp3) is 0.800. The van der Waals surface area contributed by atoms with Crippen LogP contribution < -0.4 is 34.7 Å². The molecule has 7 nitrogen and oxygen atoms in total. The molecule has 1 unspecified atom stereocenters. The normalized spacial score (nSPS) is 7.69. The van der Waals surface area contributed by atoms with Gasteiger partial charge in [0, 0.05) is 5.97 Å². The second-order valence-corrected chi connectivity index (χ2v) is 1.52.